The fourth-order valence-electron chi connectivity index (χ4n) is 2.47. The van der Waals surface area contributed by atoms with Crippen molar-refractivity contribution in [1.82, 2.24) is 0 Å². The van der Waals surface area contributed by atoms with Crippen LogP contribution in [0.1, 0.15) is 18.1 Å². The third-order valence-corrected chi connectivity index (χ3v) is 4.27. The summed E-state index contributed by atoms with van der Waals surface area (Å²) in [5.41, 5.74) is 1.69. The van der Waals surface area contributed by atoms with Gasteiger partial charge >= 0.3 is 5.97 Å². The number of fused-ring (bicyclic) bond motifs is 1. The molecule has 2 aromatic carbocycles. The van der Waals surface area contributed by atoms with Gasteiger partial charge in [0.15, 0.2) is 6.10 Å². The monoisotopic (exact) mass is 389 g/mol. The standard InChI is InChI=1S/C20H17ClFNO4/c1-11-3-5-16(9-17(11)22)23-19(24)12(2)27-20(25)14-7-13-8-15(21)4-6-18(13)26-10-14/h3-9,12H,10H2,1-2H3,(H,23,24). The first-order valence-electron chi connectivity index (χ1n) is 8.24. The number of benzene rings is 2. The molecular weight excluding hydrogens is 373 g/mol. The molecule has 1 atom stereocenters. The maximum absolute atomic E-state index is 13.6. The lowest BCUT2D eigenvalue weighted by molar-refractivity contribution is -0.149. The van der Waals surface area contributed by atoms with E-state index in [0.717, 1.165) is 0 Å². The number of amides is 1. The second-order valence-corrected chi connectivity index (χ2v) is 6.58. The molecule has 7 heteroatoms. The molecule has 0 aliphatic carbocycles. The first kappa shape index (κ1) is 18.9. The summed E-state index contributed by atoms with van der Waals surface area (Å²) >= 11 is 5.95. The lowest BCUT2D eigenvalue weighted by Gasteiger charge is -2.19. The molecule has 0 bridgehead atoms. The molecule has 1 aliphatic heterocycles. The Kier molecular flexibility index (Phi) is 5.46. The van der Waals surface area contributed by atoms with Crippen LogP contribution in [0.4, 0.5) is 10.1 Å². The molecule has 1 N–H and O–H groups in total. The van der Waals surface area contributed by atoms with Crippen LogP contribution in [0.5, 0.6) is 5.75 Å². The quantitative estimate of drug-likeness (QED) is 0.798. The van der Waals surface area contributed by atoms with E-state index in [1.54, 1.807) is 43.3 Å². The molecule has 1 aliphatic rings. The Morgan fingerprint density at radius 3 is 2.78 bits per heavy atom. The van der Waals surface area contributed by atoms with Crippen LogP contribution >= 0.6 is 11.6 Å². The van der Waals surface area contributed by atoms with E-state index in [4.69, 9.17) is 21.1 Å². The maximum Gasteiger partial charge on any atom is 0.338 e. The molecule has 1 unspecified atom stereocenters. The van der Waals surface area contributed by atoms with Gasteiger partial charge in [-0.3, -0.25) is 4.79 Å². The number of hydrogen-bond acceptors (Lipinski definition) is 4. The smallest absolute Gasteiger partial charge is 0.338 e. The zero-order valence-electron chi connectivity index (χ0n) is 14.7. The molecule has 0 radical (unpaired) electrons. The van der Waals surface area contributed by atoms with Gasteiger partial charge in [0, 0.05) is 16.3 Å². The summed E-state index contributed by atoms with van der Waals surface area (Å²) in [7, 11) is 0. The summed E-state index contributed by atoms with van der Waals surface area (Å²) in [4.78, 5) is 24.5. The molecule has 0 saturated carbocycles. The van der Waals surface area contributed by atoms with Crippen molar-refractivity contribution in [2.75, 3.05) is 11.9 Å². The number of anilines is 1. The molecule has 0 saturated heterocycles. The van der Waals surface area contributed by atoms with Crippen LogP contribution < -0.4 is 10.1 Å². The second-order valence-electron chi connectivity index (χ2n) is 6.14. The predicted octanol–water partition coefficient (Wildman–Crippen LogP) is 4.13. The first-order valence-corrected chi connectivity index (χ1v) is 8.62. The summed E-state index contributed by atoms with van der Waals surface area (Å²) in [5.74, 6) is -1.05. The minimum absolute atomic E-state index is 0.0327. The average Bonchev–Trinajstić information content (AvgIpc) is 2.64. The van der Waals surface area contributed by atoms with Gasteiger partial charge in [-0.25, -0.2) is 9.18 Å². The lowest BCUT2D eigenvalue weighted by atomic mass is 10.1. The van der Waals surface area contributed by atoms with Crippen LogP contribution in [0.3, 0.4) is 0 Å². The van der Waals surface area contributed by atoms with Crippen LogP contribution in [0.2, 0.25) is 5.02 Å². The van der Waals surface area contributed by atoms with Crippen LogP contribution in [0.15, 0.2) is 42.0 Å². The molecule has 0 fully saturated rings. The van der Waals surface area contributed by atoms with Gasteiger partial charge < -0.3 is 14.8 Å². The Labute approximate surface area is 160 Å². The van der Waals surface area contributed by atoms with Gasteiger partial charge in [0.25, 0.3) is 5.91 Å². The van der Waals surface area contributed by atoms with Gasteiger partial charge in [-0.2, -0.15) is 0 Å². The highest BCUT2D eigenvalue weighted by atomic mass is 35.5. The van der Waals surface area contributed by atoms with Crippen molar-refractivity contribution >= 4 is 35.2 Å². The largest absolute Gasteiger partial charge is 0.488 e. The highest BCUT2D eigenvalue weighted by Gasteiger charge is 2.23. The van der Waals surface area contributed by atoms with Gasteiger partial charge in [0.2, 0.25) is 0 Å². The van der Waals surface area contributed by atoms with E-state index in [2.05, 4.69) is 5.32 Å². The third-order valence-electron chi connectivity index (χ3n) is 4.04. The zero-order valence-corrected chi connectivity index (χ0v) is 15.5. The number of halogens is 2. The first-order chi connectivity index (χ1) is 12.8. The Morgan fingerprint density at radius 1 is 1.26 bits per heavy atom. The minimum atomic E-state index is -1.07. The summed E-state index contributed by atoms with van der Waals surface area (Å²) in [6, 6.07) is 9.41. The molecule has 5 nitrogen and oxygen atoms in total. The Bertz CT molecular complexity index is 942. The number of aryl methyl sites for hydroxylation is 1. The predicted molar refractivity (Wildman–Crippen MR) is 100 cm³/mol. The SMILES string of the molecule is Cc1ccc(NC(=O)C(C)OC(=O)C2=Cc3cc(Cl)ccc3OC2)cc1F. The van der Waals surface area contributed by atoms with Gasteiger partial charge in [0.05, 0.1) is 5.57 Å². The van der Waals surface area contributed by atoms with Gasteiger partial charge in [0.1, 0.15) is 18.2 Å². The number of carbonyl (C=O) groups is 2. The van der Waals surface area contributed by atoms with Crippen molar-refractivity contribution in [3.8, 4) is 5.75 Å². The molecule has 27 heavy (non-hydrogen) atoms. The van der Waals surface area contributed by atoms with E-state index < -0.39 is 23.8 Å². The van der Waals surface area contributed by atoms with Crippen LogP contribution in [-0.2, 0) is 14.3 Å². The van der Waals surface area contributed by atoms with Crippen molar-refractivity contribution in [2.24, 2.45) is 0 Å². The zero-order chi connectivity index (χ0) is 19.6. The van der Waals surface area contributed by atoms with E-state index in [0.29, 0.717) is 21.9 Å². The average molecular weight is 390 g/mol. The topological polar surface area (TPSA) is 64.6 Å². The molecule has 0 aromatic heterocycles. The van der Waals surface area contributed by atoms with E-state index in [1.165, 1.54) is 13.0 Å². The summed E-state index contributed by atoms with van der Waals surface area (Å²) in [5, 5.41) is 3.03. The number of esters is 1. The Balaban J connectivity index is 1.65. The molecule has 140 valence electrons. The summed E-state index contributed by atoms with van der Waals surface area (Å²) < 4.78 is 24.3. The molecular formula is C20H17ClFNO4. The number of ether oxygens (including phenoxy) is 2. The molecule has 1 heterocycles. The summed E-state index contributed by atoms with van der Waals surface area (Å²) in [6.07, 6.45) is 0.552. The number of rotatable bonds is 4. The number of nitrogens with one attached hydrogen (secondary N) is 1. The number of hydrogen-bond donors (Lipinski definition) is 1. The lowest BCUT2D eigenvalue weighted by Crippen LogP contribution is -2.31. The number of carbonyl (C=O) groups excluding carboxylic acids is 2. The van der Waals surface area contributed by atoms with Crippen molar-refractivity contribution in [3.05, 3.63) is 63.9 Å². The van der Waals surface area contributed by atoms with E-state index in [-0.39, 0.29) is 17.9 Å². The Morgan fingerprint density at radius 2 is 2.04 bits per heavy atom. The molecule has 0 spiro atoms. The van der Waals surface area contributed by atoms with E-state index in [1.807, 2.05) is 0 Å². The molecule has 1 amide bonds. The normalized spacial score (nSPS) is 13.7. The van der Waals surface area contributed by atoms with Gasteiger partial charge in [-0.15, -0.1) is 0 Å². The minimum Gasteiger partial charge on any atom is -0.488 e. The van der Waals surface area contributed by atoms with Crippen LogP contribution in [-0.4, -0.2) is 24.6 Å². The van der Waals surface area contributed by atoms with Crippen molar-refractivity contribution in [3.63, 3.8) is 0 Å². The van der Waals surface area contributed by atoms with Gasteiger partial charge in [-0.1, -0.05) is 17.7 Å². The van der Waals surface area contributed by atoms with Crippen LogP contribution in [0, 0.1) is 12.7 Å². The van der Waals surface area contributed by atoms with Crippen LogP contribution in [0.25, 0.3) is 6.08 Å². The van der Waals surface area contributed by atoms with E-state index in [9.17, 15) is 14.0 Å². The van der Waals surface area contributed by atoms with Crippen molar-refractivity contribution in [1.29, 1.82) is 0 Å². The van der Waals surface area contributed by atoms with Crippen molar-refractivity contribution in [2.45, 2.75) is 20.0 Å². The third kappa shape index (κ3) is 4.46. The van der Waals surface area contributed by atoms with Crippen molar-refractivity contribution < 1.29 is 23.5 Å². The second kappa shape index (κ2) is 7.80. The Hall–Kier alpha value is -2.86. The van der Waals surface area contributed by atoms with Gasteiger partial charge in [-0.05, 0) is 55.8 Å². The molecule has 3 rings (SSSR count). The fraction of sp³-hybridized carbons (Fsp3) is 0.200. The highest BCUT2D eigenvalue weighted by molar-refractivity contribution is 6.30. The van der Waals surface area contributed by atoms with E-state index >= 15 is 0 Å². The maximum atomic E-state index is 13.6. The molecule has 2 aromatic rings. The highest BCUT2D eigenvalue weighted by Crippen LogP contribution is 2.29. The fourth-order valence-corrected chi connectivity index (χ4v) is 2.65. The summed E-state index contributed by atoms with van der Waals surface area (Å²) in [6.45, 7) is 3.09.